The number of aliphatic hydroxyl groups is 3. The predicted octanol–water partition coefficient (Wildman–Crippen LogP) is -1.40. The van der Waals surface area contributed by atoms with Gasteiger partial charge in [-0.25, -0.2) is 15.0 Å². The van der Waals surface area contributed by atoms with Gasteiger partial charge in [0, 0.05) is 0 Å². The fourth-order valence-corrected chi connectivity index (χ4v) is 2.20. The normalized spacial score (nSPS) is 30.9. The van der Waals surface area contributed by atoms with Crippen LogP contribution in [0.3, 0.4) is 0 Å². The molecule has 0 spiro atoms. The van der Waals surface area contributed by atoms with Crippen molar-refractivity contribution in [1.29, 1.82) is 0 Å². The molecule has 3 rings (SSSR count). The highest BCUT2D eigenvalue weighted by atomic mass is 16.4. The van der Waals surface area contributed by atoms with Gasteiger partial charge in [-0.3, -0.25) is 0 Å². The third kappa shape index (κ3) is 1.77. The Morgan fingerprint density at radius 2 is 1.84 bits per heavy atom. The quantitative estimate of drug-likeness (QED) is 0.465. The molecule has 2 aromatic heterocycles. The lowest BCUT2D eigenvalue weighted by Crippen LogP contribution is -2.44. The van der Waals surface area contributed by atoms with Crippen molar-refractivity contribution in [2.45, 2.75) is 24.4 Å². The van der Waals surface area contributed by atoms with Crippen molar-refractivity contribution < 1.29 is 15.3 Å². The van der Waals surface area contributed by atoms with Gasteiger partial charge in [0.2, 0.25) is 0 Å². The van der Waals surface area contributed by atoms with Gasteiger partial charge in [0.1, 0.15) is 30.2 Å². The average molecular weight is 263 g/mol. The van der Waals surface area contributed by atoms with Gasteiger partial charge < -0.3 is 25.6 Å². The summed E-state index contributed by atoms with van der Waals surface area (Å²) in [6.07, 6.45) is 2.30. The Morgan fingerprint density at radius 3 is 2.63 bits per heavy atom. The number of nitrogens with two attached hydrogens (primary N) is 1. The average Bonchev–Trinajstić information content (AvgIpc) is 2.82. The Labute approximate surface area is 107 Å². The van der Waals surface area contributed by atoms with E-state index in [-0.39, 0.29) is 5.82 Å². The summed E-state index contributed by atoms with van der Waals surface area (Å²) in [5.74, 6) is 0.249. The molecule has 0 saturated carbocycles. The van der Waals surface area contributed by atoms with Crippen molar-refractivity contribution >= 4 is 17.0 Å². The van der Waals surface area contributed by atoms with Gasteiger partial charge in [-0.15, -0.1) is 0 Å². The summed E-state index contributed by atoms with van der Waals surface area (Å²) in [5, 5.41) is 29.2. The Kier molecular flexibility index (Phi) is 2.70. The third-order valence-electron chi connectivity index (χ3n) is 3.26. The minimum atomic E-state index is -1.26. The second-order valence-corrected chi connectivity index (χ2v) is 4.43. The molecule has 2 aromatic rings. The molecule has 19 heavy (non-hydrogen) atoms. The maximum atomic E-state index is 10.0. The van der Waals surface area contributed by atoms with Crippen molar-refractivity contribution in [3.8, 4) is 0 Å². The summed E-state index contributed by atoms with van der Waals surface area (Å²) in [6.45, 7) is 0. The van der Waals surface area contributed by atoms with Crippen LogP contribution in [0.2, 0.25) is 0 Å². The largest absolute Gasteiger partial charge is 0.388 e. The lowest BCUT2D eigenvalue weighted by molar-refractivity contribution is -0.0619. The highest BCUT2D eigenvalue weighted by Crippen LogP contribution is 2.27. The van der Waals surface area contributed by atoms with Gasteiger partial charge in [-0.2, -0.15) is 0 Å². The standard InChI is InChI=1S/C11H13N5O3/c12-10-7-11(14-3-13-10)16(4-15-7)5-1-2-6(17)9(19)8(5)18/h1-6,8-9,17-19H,(H2,12,13,14)/t5-,6+,8+,9+/m1/s1. The van der Waals surface area contributed by atoms with Crippen molar-refractivity contribution in [2.24, 2.45) is 0 Å². The van der Waals surface area contributed by atoms with Crippen LogP contribution in [0.4, 0.5) is 5.82 Å². The summed E-state index contributed by atoms with van der Waals surface area (Å²) in [6, 6.07) is -0.572. The van der Waals surface area contributed by atoms with E-state index in [0.717, 1.165) is 0 Å². The molecular formula is C11H13N5O3. The molecule has 8 heteroatoms. The van der Waals surface area contributed by atoms with Crippen molar-refractivity contribution in [1.82, 2.24) is 19.5 Å². The van der Waals surface area contributed by atoms with E-state index in [9.17, 15) is 15.3 Å². The van der Waals surface area contributed by atoms with E-state index >= 15 is 0 Å². The van der Waals surface area contributed by atoms with Gasteiger partial charge in [0.25, 0.3) is 0 Å². The van der Waals surface area contributed by atoms with Crippen LogP contribution in [-0.4, -0.2) is 53.2 Å². The molecule has 0 saturated heterocycles. The van der Waals surface area contributed by atoms with E-state index in [1.54, 1.807) is 10.6 Å². The highest BCUT2D eigenvalue weighted by Gasteiger charge is 2.34. The number of imidazole rings is 1. The summed E-state index contributed by atoms with van der Waals surface area (Å²) in [4.78, 5) is 12.0. The minimum Gasteiger partial charge on any atom is -0.388 e. The third-order valence-corrected chi connectivity index (χ3v) is 3.26. The SMILES string of the molecule is Nc1ncnc2c1ncn2[C@@H]1C=C[C@H](O)[C@H](O)[C@H]1O. The van der Waals surface area contributed by atoms with Crippen LogP contribution in [0.25, 0.3) is 11.2 Å². The molecular weight excluding hydrogens is 250 g/mol. The molecule has 1 aliphatic rings. The van der Waals surface area contributed by atoms with Gasteiger partial charge in [-0.05, 0) is 0 Å². The Hall–Kier alpha value is -2.03. The first-order chi connectivity index (χ1) is 9.09. The number of nitrogens with zero attached hydrogens (tertiary/aromatic N) is 4. The van der Waals surface area contributed by atoms with Crippen LogP contribution in [-0.2, 0) is 0 Å². The van der Waals surface area contributed by atoms with Crippen LogP contribution in [0.5, 0.6) is 0 Å². The number of hydrogen-bond donors (Lipinski definition) is 4. The van der Waals surface area contributed by atoms with Gasteiger partial charge in [0.15, 0.2) is 11.5 Å². The molecule has 100 valence electrons. The smallest absolute Gasteiger partial charge is 0.166 e. The lowest BCUT2D eigenvalue weighted by atomic mass is 9.94. The molecule has 0 radical (unpaired) electrons. The van der Waals surface area contributed by atoms with Crippen LogP contribution < -0.4 is 5.73 Å². The van der Waals surface area contributed by atoms with E-state index < -0.39 is 24.4 Å². The Morgan fingerprint density at radius 1 is 1.05 bits per heavy atom. The van der Waals surface area contributed by atoms with E-state index in [2.05, 4.69) is 15.0 Å². The molecule has 4 atom stereocenters. The number of aromatic nitrogens is 4. The molecule has 2 heterocycles. The molecule has 0 aromatic carbocycles. The Bertz CT molecular complexity index is 640. The van der Waals surface area contributed by atoms with Crippen LogP contribution >= 0.6 is 0 Å². The zero-order valence-electron chi connectivity index (χ0n) is 9.83. The number of nitrogen functional groups attached to an aromatic ring is 1. The predicted molar refractivity (Wildman–Crippen MR) is 65.9 cm³/mol. The first kappa shape index (κ1) is 12.0. The lowest BCUT2D eigenvalue weighted by Gasteiger charge is -2.31. The van der Waals surface area contributed by atoms with Crippen molar-refractivity contribution in [2.75, 3.05) is 5.73 Å². The molecule has 0 amide bonds. The first-order valence-corrected chi connectivity index (χ1v) is 5.75. The first-order valence-electron chi connectivity index (χ1n) is 5.75. The topological polar surface area (TPSA) is 130 Å². The molecule has 8 nitrogen and oxygen atoms in total. The number of anilines is 1. The molecule has 0 unspecified atom stereocenters. The van der Waals surface area contributed by atoms with E-state index in [4.69, 9.17) is 5.73 Å². The number of hydrogen-bond acceptors (Lipinski definition) is 7. The zero-order chi connectivity index (χ0) is 13.6. The summed E-state index contributed by atoms with van der Waals surface area (Å²) < 4.78 is 1.59. The van der Waals surface area contributed by atoms with E-state index in [1.807, 2.05) is 0 Å². The summed E-state index contributed by atoms with van der Waals surface area (Å²) in [7, 11) is 0. The number of rotatable bonds is 1. The van der Waals surface area contributed by atoms with Crippen molar-refractivity contribution in [3.05, 3.63) is 24.8 Å². The van der Waals surface area contributed by atoms with E-state index in [1.165, 1.54) is 18.7 Å². The molecule has 0 fully saturated rings. The van der Waals surface area contributed by atoms with Gasteiger partial charge in [-0.1, -0.05) is 12.2 Å². The second-order valence-electron chi connectivity index (χ2n) is 4.43. The maximum Gasteiger partial charge on any atom is 0.166 e. The second kappa shape index (κ2) is 4.26. The Balaban J connectivity index is 2.10. The minimum absolute atomic E-state index is 0.249. The van der Waals surface area contributed by atoms with E-state index in [0.29, 0.717) is 11.2 Å². The van der Waals surface area contributed by atoms with Crippen LogP contribution in [0, 0.1) is 0 Å². The van der Waals surface area contributed by atoms with Crippen LogP contribution in [0.1, 0.15) is 6.04 Å². The fourth-order valence-electron chi connectivity index (χ4n) is 2.20. The summed E-state index contributed by atoms with van der Waals surface area (Å²) >= 11 is 0. The molecule has 1 aliphatic carbocycles. The zero-order valence-corrected chi connectivity index (χ0v) is 9.83. The maximum absolute atomic E-state index is 10.0. The molecule has 0 bridgehead atoms. The monoisotopic (exact) mass is 263 g/mol. The van der Waals surface area contributed by atoms with Gasteiger partial charge >= 0.3 is 0 Å². The number of aliphatic hydroxyl groups excluding tert-OH is 3. The molecule has 0 aliphatic heterocycles. The highest BCUT2D eigenvalue weighted by molar-refractivity contribution is 5.81. The fraction of sp³-hybridized carbons (Fsp3) is 0.364. The van der Waals surface area contributed by atoms with Gasteiger partial charge in [0.05, 0.1) is 12.4 Å². The van der Waals surface area contributed by atoms with Crippen molar-refractivity contribution in [3.63, 3.8) is 0 Å². The molecule has 5 N–H and O–H groups in total. The number of fused-ring (bicyclic) bond motifs is 1. The summed E-state index contributed by atoms with van der Waals surface area (Å²) in [5.41, 5.74) is 6.58. The van der Waals surface area contributed by atoms with Crippen LogP contribution in [0.15, 0.2) is 24.8 Å².